The summed E-state index contributed by atoms with van der Waals surface area (Å²) in [5.74, 6) is 1.71. The molecule has 2 bridgehead atoms. The Kier molecular flexibility index (Phi) is 4.10. The van der Waals surface area contributed by atoms with Crippen molar-refractivity contribution in [2.75, 3.05) is 0 Å². The molecule has 5 rings (SSSR count). The molecule has 1 aromatic rings. The van der Waals surface area contributed by atoms with Crippen LogP contribution in [0.4, 0.5) is 0 Å². The summed E-state index contributed by atoms with van der Waals surface area (Å²) in [5.41, 5.74) is 0. The first-order chi connectivity index (χ1) is 13.1. The minimum atomic E-state index is -0.0419. The Bertz CT molecular complexity index is 722. The Balaban J connectivity index is 1.18. The van der Waals surface area contributed by atoms with Crippen LogP contribution in [0.15, 0.2) is 22.8 Å². The molecule has 1 N–H and O–H groups in total. The zero-order chi connectivity index (χ0) is 18.5. The monoisotopic (exact) mass is 370 g/mol. The second-order valence-electron chi connectivity index (χ2n) is 8.73. The molecule has 6 heteroatoms. The average molecular weight is 370 g/mol. The van der Waals surface area contributed by atoms with Crippen LogP contribution in [-0.2, 0) is 20.9 Å². The van der Waals surface area contributed by atoms with E-state index in [1.807, 2.05) is 6.07 Å². The Morgan fingerprint density at radius 1 is 1.04 bits per heavy atom. The summed E-state index contributed by atoms with van der Waals surface area (Å²) in [5, 5.41) is 2.93. The molecule has 4 fully saturated rings. The summed E-state index contributed by atoms with van der Waals surface area (Å²) in [7, 11) is 0. The maximum Gasteiger partial charge on any atom is 0.233 e. The summed E-state index contributed by atoms with van der Waals surface area (Å²) < 4.78 is 5.24. The highest BCUT2D eigenvalue weighted by Crippen LogP contribution is 2.56. The molecule has 3 saturated carbocycles. The van der Waals surface area contributed by atoms with Gasteiger partial charge in [-0.05, 0) is 68.9 Å². The average Bonchev–Trinajstić information content (AvgIpc) is 3.45. The van der Waals surface area contributed by atoms with Gasteiger partial charge >= 0.3 is 0 Å². The molecular formula is C21H26N2O4. The van der Waals surface area contributed by atoms with E-state index in [1.165, 1.54) is 0 Å². The number of nitrogens with one attached hydrogen (secondary N) is 1. The Morgan fingerprint density at radius 3 is 2.30 bits per heavy atom. The highest BCUT2D eigenvalue weighted by Gasteiger charge is 2.61. The largest absolute Gasteiger partial charge is 0.467 e. The van der Waals surface area contributed by atoms with E-state index in [4.69, 9.17) is 4.42 Å². The van der Waals surface area contributed by atoms with Crippen molar-refractivity contribution in [3.8, 4) is 0 Å². The molecular weight excluding hydrogens is 344 g/mol. The van der Waals surface area contributed by atoms with E-state index in [2.05, 4.69) is 5.32 Å². The first kappa shape index (κ1) is 17.0. The lowest BCUT2D eigenvalue weighted by molar-refractivity contribution is -0.144. The predicted molar refractivity (Wildman–Crippen MR) is 96.0 cm³/mol. The molecule has 0 unspecified atom stereocenters. The first-order valence-electron chi connectivity index (χ1n) is 10.3. The van der Waals surface area contributed by atoms with E-state index >= 15 is 0 Å². The molecule has 144 valence electrons. The summed E-state index contributed by atoms with van der Waals surface area (Å²) >= 11 is 0. The molecule has 3 aliphatic carbocycles. The molecule has 4 aliphatic rings. The van der Waals surface area contributed by atoms with Gasteiger partial charge < -0.3 is 9.73 Å². The standard InChI is InChI=1S/C21H26N2O4/c24-19(22-11-16-2-1-9-27-16)12-5-7-15(8-6-12)23-20(25)17-13-3-4-14(10-13)18(17)21(23)26/h1-2,9,12-15,17-18H,3-8,10-11H2,(H,22,24)/t12?,13-,14+,15?,17+,18-. The smallest absolute Gasteiger partial charge is 0.233 e. The number of fused-ring (bicyclic) bond motifs is 5. The minimum Gasteiger partial charge on any atom is -0.467 e. The van der Waals surface area contributed by atoms with Crippen molar-refractivity contribution >= 4 is 17.7 Å². The fourth-order valence-corrected chi connectivity index (χ4v) is 6.12. The van der Waals surface area contributed by atoms with Crippen LogP contribution in [0.3, 0.4) is 0 Å². The number of likely N-dealkylation sites (tertiary alicyclic amines) is 1. The van der Waals surface area contributed by atoms with Crippen LogP contribution in [-0.4, -0.2) is 28.7 Å². The van der Waals surface area contributed by atoms with Crippen LogP contribution in [0.5, 0.6) is 0 Å². The predicted octanol–water partition coefficient (Wildman–Crippen LogP) is 2.49. The van der Waals surface area contributed by atoms with Gasteiger partial charge in [0, 0.05) is 12.0 Å². The normalized spacial score (nSPS) is 37.7. The van der Waals surface area contributed by atoms with Gasteiger partial charge in [-0.1, -0.05) is 0 Å². The van der Waals surface area contributed by atoms with Crippen LogP contribution in [0, 0.1) is 29.6 Å². The van der Waals surface area contributed by atoms with Gasteiger partial charge in [0.15, 0.2) is 0 Å². The summed E-state index contributed by atoms with van der Waals surface area (Å²) in [4.78, 5) is 39.9. The number of carbonyl (C=O) groups excluding carboxylic acids is 3. The molecule has 2 heterocycles. The summed E-state index contributed by atoms with van der Waals surface area (Å²) in [6, 6.07) is 3.63. The lowest BCUT2D eigenvalue weighted by atomic mass is 9.81. The van der Waals surface area contributed by atoms with Gasteiger partial charge in [-0.3, -0.25) is 19.3 Å². The molecule has 4 atom stereocenters. The van der Waals surface area contributed by atoms with Crippen LogP contribution >= 0.6 is 0 Å². The molecule has 6 nitrogen and oxygen atoms in total. The lowest BCUT2D eigenvalue weighted by Crippen LogP contribution is -2.45. The second kappa shape index (κ2) is 6.50. The fraction of sp³-hybridized carbons (Fsp3) is 0.667. The third kappa shape index (κ3) is 2.72. The van der Waals surface area contributed by atoms with Crippen molar-refractivity contribution in [3.05, 3.63) is 24.2 Å². The van der Waals surface area contributed by atoms with Gasteiger partial charge in [-0.25, -0.2) is 0 Å². The van der Waals surface area contributed by atoms with Gasteiger partial charge in [0.2, 0.25) is 17.7 Å². The van der Waals surface area contributed by atoms with Crippen molar-refractivity contribution in [3.63, 3.8) is 0 Å². The molecule has 1 saturated heterocycles. The van der Waals surface area contributed by atoms with Gasteiger partial charge in [0.05, 0.1) is 24.6 Å². The third-order valence-electron chi connectivity index (χ3n) is 7.41. The van der Waals surface area contributed by atoms with Crippen molar-refractivity contribution < 1.29 is 18.8 Å². The second-order valence-corrected chi connectivity index (χ2v) is 8.73. The van der Waals surface area contributed by atoms with Gasteiger partial charge in [-0.15, -0.1) is 0 Å². The van der Waals surface area contributed by atoms with Crippen molar-refractivity contribution in [1.82, 2.24) is 10.2 Å². The summed E-state index contributed by atoms with van der Waals surface area (Å²) in [6.45, 7) is 0.404. The zero-order valence-corrected chi connectivity index (χ0v) is 15.4. The molecule has 0 spiro atoms. The van der Waals surface area contributed by atoms with Crippen molar-refractivity contribution in [2.45, 2.75) is 57.5 Å². The van der Waals surface area contributed by atoms with E-state index in [9.17, 15) is 14.4 Å². The minimum absolute atomic E-state index is 0.0101. The number of amides is 3. The van der Waals surface area contributed by atoms with Crippen LogP contribution in [0.1, 0.15) is 50.7 Å². The van der Waals surface area contributed by atoms with Crippen LogP contribution in [0.25, 0.3) is 0 Å². The number of carbonyl (C=O) groups is 3. The van der Waals surface area contributed by atoms with E-state index < -0.39 is 0 Å². The van der Waals surface area contributed by atoms with E-state index in [0.29, 0.717) is 18.4 Å². The number of nitrogens with zero attached hydrogens (tertiary/aromatic N) is 1. The van der Waals surface area contributed by atoms with Gasteiger partial charge in [0.1, 0.15) is 5.76 Å². The number of furan rings is 1. The van der Waals surface area contributed by atoms with Gasteiger partial charge in [0.25, 0.3) is 0 Å². The Morgan fingerprint density at radius 2 is 1.70 bits per heavy atom. The van der Waals surface area contributed by atoms with Crippen LogP contribution < -0.4 is 5.32 Å². The van der Waals surface area contributed by atoms with Crippen LogP contribution in [0.2, 0.25) is 0 Å². The molecule has 0 radical (unpaired) electrons. The number of rotatable bonds is 4. The quantitative estimate of drug-likeness (QED) is 0.826. The molecule has 1 aliphatic heterocycles. The van der Waals surface area contributed by atoms with Gasteiger partial charge in [-0.2, -0.15) is 0 Å². The first-order valence-corrected chi connectivity index (χ1v) is 10.3. The fourth-order valence-electron chi connectivity index (χ4n) is 6.12. The highest BCUT2D eigenvalue weighted by molar-refractivity contribution is 6.06. The topological polar surface area (TPSA) is 79.6 Å². The van der Waals surface area contributed by atoms with E-state index in [0.717, 1.165) is 50.7 Å². The number of hydrogen-bond acceptors (Lipinski definition) is 4. The van der Waals surface area contributed by atoms with E-state index in [1.54, 1.807) is 17.2 Å². The maximum absolute atomic E-state index is 13.0. The molecule has 0 aromatic carbocycles. The zero-order valence-electron chi connectivity index (χ0n) is 15.4. The van der Waals surface area contributed by atoms with E-state index in [-0.39, 0.29) is 41.5 Å². The lowest BCUT2D eigenvalue weighted by Gasteiger charge is -2.33. The number of imide groups is 1. The maximum atomic E-state index is 13.0. The molecule has 1 aromatic heterocycles. The Hall–Kier alpha value is -2.11. The molecule has 3 amide bonds. The summed E-state index contributed by atoms with van der Waals surface area (Å²) in [6.07, 6.45) is 7.84. The Labute approximate surface area is 158 Å². The van der Waals surface area contributed by atoms with Crippen molar-refractivity contribution in [1.29, 1.82) is 0 Å². The molecule has 27 heavy (non-hydrogen) atoms. The SMILES string of the molecule is O=C(NCc1ccco1)C1CCC(N2C(=O)[C@@H]3[C@H]4CC[C@H](C4)[C@@H]3C2=O)CC1. The van der Waals surface area contributed by atoms with Crippen molar-refractivity contribution in [2.24, 2.45) is 29.6 Å². The number of hydrogen-bond donors (Lipinski definition) is 1. The highest BCUT2D eigenvalue weighted by atomic mass is 16.3. The third-order valence-corrected chi connectivity index (χ3v) is 7.41.